The molecule has 1 aliphatic rings. The second-order valence-electron chi connectivity index (χ2n) is 3.82. The highest BCUT2D eigenvalue weighted by atomic mass is 35.5. The first-order valence-corrected chi connectivity index (χ1v) is 5.37. The monoisotopic (exact) mass is 258 g/mol. The van der Waals surface area contributed by atoms with Gasteiger partial charge in [0.15, 0.2) is 0 Å². The first-order chi connectivity index (χ1) is 7.75. The molecule has 0 atom stereocenters. The summed E-state index contributed by atoms with van der Waals surface area (Å²) in [6, 6.07) is 6.24. The van der Waals surface area contributed by atoms with E-state index in [0.717, 1.165) is 25.9 Å². The third-order valence-corrected chi connectivity index (χ3v) is 2.64. The highest BCUT2D eigenvalue weighted by Gasteiger charge is 2.14. The second-order valence-corrected chi connectivity index (χ2v) is 3.82. The highest BCUT2D eigenvalue weighted by Crippen LogP contribution is 2.20. The Morgan fingerprint density at radius 1 is 1.24 bits per heavy atom. The Bertz CT molecular complexity index is 363. The number of nitrogens with zero attached hydrogens (tertiary/aromatic N) is 1. The van der Waals surface area contributed by atoms with Gasteiger partial charge in [-0.25, -0.2) is 0 Å². The molecule has 94 valence electrons. The molecule has 1 aromatic carbocycles. The van der Waals surface area contributed by atoms with E-state index in [2.05, 4.69) is 5.32 Å². The summed E-state index contributed by atoms with van der Waals surface area (Å²) >= 11 is 0. The van der Waals surface area contributed by atoms with Crippen LogP contribution in [0.25, 0.3) is 0 Å². The summed E-state index contributed by atoms with van der Waals surface area (Å²) in [4.78, 5) is 10.1. The summed E-state index contributed by atoms with van der Waals surface area (Å²) < 4.78 is 5.73. The Hall–Kier alpha value is -1.33. The van der Waals surface area contributed by atoms with Crippen molar-refractivity contribution in [2.75, 3.05) is 13.1 Å². The smallest absolute Gasteiger partial charge is 0.269 e. The lowest BCUT2D eigenvalue weighted by atomic mass is 10.1. The van der Waals surface area contributed by atoms with Crippen LogP contribution in [-0.4, -0.2) is 24.1 Å². The summed E-state index contributed by atoms with van der Waals surface area (Å²) in [6.07, 6.45) is 2.19. The summed E-state index contributed by atoms with van der Waals surface area (Å²) in [5, 5.41) is 13.7. The molecule has 1 aromatic rings. The van der Waals surface area contributed by atoms with Crippen LogP contribution in [0.3, 0.4) is 0 Å². The zero-order chi connectivity index (χ0) is 11.4. The molecule has 0 unspecified atom stereocenters. The number of non-ortho nitro benzene ring substituents is 1. The predicted octanol–water partition coefficient (Wildman–Crippen LogP) is 2.15. The molecule has 0 spiro atoms. The van der Waals surface area contributed by atoms with E-state index in [9.17, 15) is 10.1 Å². The van der Waals surface area contributed by atoms with Crippen molar-refractivity contribution in [2.45, 2.75) is 18.9 Å². The molecular weight excluding hydrogens is 244 g/mol. The van der Waals surface area contributed by atoms with E-state index >= 15 is 0 Å². The number of hydrogen-bond donors (Lipinski definition) is 1. The minimum Gasteiger partial charge on any atom is -0.490 e. The predicted molar refractivity (Wildman–Crippen MR) is 66.9 cm³/mol. The summed E-state index contributed by atoms with van der Waals surface area (Å²) in [7, 11) is 0. The Morgan fingerprint density at radius 2 is 1.82 bits per heavy atom. The molecule has 1 N–H and O–H groups in total. The maximum absolute atomic E-state index is 10.5. The Morgan fingerprint density at radius 3 is 2.35 bits per heavy atom. The molecule has 1 heterocycles. The van der Waals surface area contributed by atoms with Crippen LogP contribution >= 0.6 is 12.4 Å². The van der Waals surface area contributed by atoms with E-state index < -0.39 is 4.92 Å². The van der Waals surface area contributed by atoms with Gasteiger partial charge in [-0.15, -0.1) is 12.4 Å². The van der Waals surface area contributed by atoms with Gasteiger partial charge in [-0.1, -0.05) is 0 Å². The average Bonchev–Trinajstić information content (AvgIpc) is 2.31. The number of piperidine rings is 1. The van der Waals surface area contributed by atoms with Crippen LogP contribution < -0.4 is 10.1 Å². The fraction of sp³-hybridized carbons (Fsp3) is 0.455. The molecule has 0 radical (unpaired) electrons. The number of hydrogen-bond acceptors (Lipinski definition) is 4. The van der Waals surface area contributed by atoms with E-state index in [4.69, 9.17) is 4.74 Å². The topological polar surface area (TPSA) is 64.4 Å². The van der Waals surface area contributed by atoms with Crippen LogP contribution in [0.2, 0.25) is 0 Å². The van der Waals surface area contributed by atoms with Gasteiger partial charge in [0.1, 0.15) is 11.9 Å². The summed E-state index contributed by atoms with van der Waals surface area (Å²) in [5.41, 5.74) is 0.0951. The van der Waals surface area contributed by atoms with Gasteiger partial charge in [0.2, 0.25) is 0 Å². The van der Waals surface area contributed by atoms with Gasteiger partial charge in [-0.3, -0.25) is 10.1 Å². The van der Waals surface area contributed by atoms with Gasteiger partial charge < -0.3 is 10.1 Å². The number of nitro benzene ring substituents is 1. The minimum absolute atomic E-state index is 0. The number of nitro groups is 1. The third kappa shape index (κ3) is 3.87. The van der Waals surface area contributed by atoms with Crippen molar-refractivity contribution in [3.8, 4) is 5.75 Å². The first kappa shape index (κ1) is 13.7. The Labute approximate surface area is 106 Å². The lowest BCUT2D eigenvalue weighted by Gasteiger charge is -2.23. The number of rotatable bonds is 3. The zero-order valence-corrected chi connectivity index (χ0v) is 10.1. The number of nitrogens with one attached hydrogen (secondary N) is 1. The van der Waals surface area contributed by atoms with E-state index in [1.165, 1.54) is 12.1 Å². The first-order valence-electron chi connectivity index (χ1n) is 5.37. The fourth-order valence-electron chi connectivity index (χ4n) is 1.75. The molecule has 0 saturated carbocycles. The van der Waals surface area contributed by atoms with E-state index in [1.807, 2.05) is 0 Å². The SMILES string of the molecule is Cl.O=[N+]([O-])c1ccc(OC2CCNCC2)cc1. The molecule has 6 heteroatoms. The fourth-order valence-corrected chi connectivity index (χ4v) is 1.75. The zero-order valence-electron chi connectivity index (χ0n) is 9.30. The van der Waals surface area contributed by atoms with Crippen LogP contribution in [-0.2, 0) is 0 Å². The molecule has 1 aliphatic heterocycles. The maximum Gasteiger partial charge on any atom is 0.269 e. The van der Waals surface area contributed by atoms with Crippen molar-refractivity contribution in [3.63, 3.8) is 0 Å². The van der Waals surface area contributed by atoms with Gasteiger partial charge in [-0.2, -0.15) is 0 Å². The molecule has 0 amide bonds. The molecule has 17 heavy (non-hydrogen) atoms. The third-order valence-electron chi connectivity index (χ3n) is 2.64. The van der Waals surface area contributed by atoms with Crippen molar-refractivity contribution in [3.05, 3.63) is 34.4 Å². The molecule has 0 bridgehead atoms. The van der Waals surface area contributed by atoms with Crippen molar-refractivity contribution in [1.29, 1.82) is 0 Å². The lowest BCUT2D eigenvalue weighted by Crippen LogP contribution is -2.34. The minimum atomic E-state index is -0.408. The van der Waals surface area contributed by atoms with Crippen LogP contribution in [0.1, 0.15) is 12.8 Å². The van der Waals surface area contributed by atoms with Gasteiger partial charge >= 0.3 is 0 Å². The lowest BCUT2D eigenvalue weighted by molar-refractivity contribution is -0.384. The number of benzene rings is 1. The number of halogens is 1. The Balaban J connectivity index is 0.00000144. The Kier molecular flexibility index (Phi) is 5.18. The quantitative estimate of drug-likeness (QED) is 0.666. The van der Waals surface area contributed by atoms with Crippen LogP contribution in [0.5, 0.6) is 5.75 Å². The molecule has 1 fully saturated rings. The average molecular weight is 259 g/mol. The van der Waals surface area contributed by atoms with Crippen molar-refractivity contribution >= 4 is 18.1 Å². The van der Waals surface area contributed by atoms with Crippen LogP contribution in [0.4, 0.5) is 5.69 Å². The molecular formula is C11H15ClN2O3. The summed E-state index contributed by atoms with van der Waals surface area (Å²) in [5.74, 6) is 0.706. The van der Waals surface area contributed by atoms with E-state index in [-0.39, 0.29) is 24.2 Å². The molecule has 0 aliphatic carbocycles. The maximum atomic E-state index is 10.5. The summed E-state index contributed by atoms with van der Waals surface area (Å²) in [6.45, 7) is 1.94. The van der Waals surface area contributed by atoms with Crippen molar-refractivity contribution < 1.29 is 9.66 Å². The normalized spacial score (nSPS) is 16.0. The van der Waals surface area contributed by atoms with Crippen molar-refractivity contribution in [2.24, 2.45) is 0 Å². The second kappa shape index (κ2) is 6.42. The number of ether oxygens (including phenoxy) is 1. The van der Waals surface area contributed by atoms with Gasteiger partial charge in [0.25, 0.3) is 5.69 Å². The van der Waals surface area contributed by atoms with Gasteiger partial charge in [0.05, 0.1) is 4.92 Å². The van der Waals surface area contributed by atoms with Crippen LogP contribution in [0, 0.1) is 10.1 Å². The van der Waals surface area contributed by atoms with Crippen LogP contribution in [0.15, 0.2) is 24.3 Å². The highest BCUT2D eigenvalue weighted by molar-refractivity contribution is 5.85. The largest absolute Gasteiger partial charge is 0.490 e. The van der Waals surface area contributed by atoms with E-state index in [0.29, 0.717) is 5.75 Å². The molecule has 5 nitrogen and oxygen atoms in total. The molecule has 2 rings (SSSR count). The van der Waals surface area contributed by atoms with E-state index in [1.54, 1.807) is 12.1 Å². The molecule has 0 aromatic heterocycles. The van der Waals surface area contributed by atoms with Crippen molar-refractivity contribution in [1.82, 2.24) is 5.32 Å². The van der Waals surface area contributed by atoms with Gasteiger partial charge in [0, 0.05) is 12.1 Å². The molecule has 1 saturated heterocycles. The standard InChI is InChI=1S/C11H14N2O3.ClH/c14-13(15)9-1-3-10(4-2-9)16-11-5-7-12-8-6-11;/h1-4,11-12H,5-8H2;1H. The van der Waals surface area contributed by atoms with Gasteiger partial charge in [-0.05, 0) is 38.1 Å².